The molecule has 8 heteroatoms. The highest BCUT2D eigenvalue weighted by Crippen LogP contribution is 2.13. The Balaban J connectivity index is 2.30. The van der Waals surface area contributed by atoms with Crippen LogP contribution < -0.4 is 16.0 Å². The minimum atomic E-state index is -0.527. The highest BCUT2D eigenvalue weighted by atomic mass is 16.6. The van der Waals surface area contributed by atoms with Crippen molar-refractivity contribution in [1.82, 2.24) is 10.6 Å². The molecule has 1 aromatic rings. The molecule has 162 valence electrons. The molecule has 1 aromatic carbocycles. The van der Waals surface area contributed by atoms with Crippen LogP contribution in [0.25, 0.3) is 0 Å². The zero-order valence-electron chi connectivity index (χ0n) is 18.1. The van der Waals surface area contributed by atoms with Gasteiger partial charge >= 0.3 is 12.1 Å². The van der Waals surface area contributed by atoms with Crippen LogP contribution in [0.2, 0.25) is 0 Å². The highest BCUT2D eigenvalue weighted by molar-refractivity contribution is 5.84. The summed E-state index contributed by atoms with van der Waals surface area (Å²) in [5.41, 5.74) is 1.29. The Bertz CT molecular complexity index is 666. The van der Waals surface area contributed by atoms with E-state index in [0.29, 0.717) is 44.2 Å². The predicted molar refractivity (Wildman–Crippen MR) is 115 cm³/mol. The molecule has 0 unspecified atom stereocenters. The summed E-state index contributed by atoms with van der Waals surface area (Å²) in [6, 6.07) is 7.62. The lowest BCUT2D eigenvalue weighted by Crippen LogP contribution is -2.38. The molecule has 0 radical (unpaired) electrons. The molecule has 1 amide bonds. The highest BCUT2D eigenvalue weighted by Gasteiger charge is 2.16. The van der Waals surface area contributed by atoms with E-state index in [4.69, 9.17) is 9.47 Å². The number of benzene rings is 1. The number of hydrogen-bond acceptors (Lipinski definition) is 5. The zero-order valence-corrected chi connectivity index (χ0v) is 18.1. The van der Waals surface area contributed by atoms with Crippen LogP contribution in [0.1, 0.15) is 46.1 Å². The number of rotatable bonds is 9. The normalized spacial score (nSPS) is 11.6. The van der Waals surface area contributed by atoms with E-state index >= 15 is 0 Å². The number of nitrogens with one attached hydrogen (secondary N) is 3. The van der Waals surface area contributed by atoms with E-state index in [0.717, 1.165) is 12.0 Å². The van der Waals surface area contributed by atoms with Crippen molar-refractivity contribution in [2.75, 3.05) is 32.1 Å². The van der Waals surface area contributed by atoms with Crippen LogP contribution in [0.3, 0.4) is 0 Å². The van der Waals surface area contributed by atoms with Crippen molar-refractivity contribution in [2.24, 2.45) is 4.99 Å². The Morgan fingerprint density at radius 3 is 2.31 bits per heavy atom. The topological polar surface area (TPSA) is 101 Å². The van der Waals surface area contributed by atoms with Crippen LogP contribution in [0.4, 0.5) is 10.5 Å². The predicted octanol–water partition coefficient (Wildman–Crippen LogP) is 3.08. The molecule has 0 bridgehead atoms. The number of carbonyl (C=O) groups excluding carboxylic acids is 2. The lowest BCUT2D eigenvalue weighted by atomic mass is 10.1. The lowest BCUT2D eigenvalue weighted by molar-refractivity contribution is -0.143. The molecule has 3 N–H and O–H groups in total. The van der Waals surface area contributed by atoms with Gasteiger partial charge in [0.25, 0.3) is 0 Å². The molecule has 29 heavy (non-hydrogen) atoms. The number of hydrogen-bond donors (Lipinski definition) is 3. The maximum atomic E-state index is 11.8. The summed E-state index contributed by atoms with van der Waals surface area (Å²) in [7, 11) is 1.71. The summed E-state index contributed by atoms with van der Waals surface area (Å²) >= 11 is 0. The molecule has 0 spiro atoms. The molecule has 0 aliphatic heterocycles. The van der Waals surface area contributed by atoms with E-state index < -0.39 is 11.7 Å². The summed E-state index contributed by atoms with van der Waals surface area (Å²) in [5.74, 6) is 0.513. The van der Waals surface area contributed by atoms with Crippen molar-refractivity contribution < 1.29 is 19.1 Å². The van der Waals surface area contributed by atoms with Crippen LogP contribution in [0.15, 0.2) is 29.3 Å². The molecule has 0 aliphatic carbocycles. The fraction of sp³-hybridized carbons (Fsp3) is 0.571. The van der Waals surface area contributed by atoms with E-state index in [1.54, 1.807) is 14.0 Å². The zero-order chi connectivity index (χ0) is 21.7. The first-order valence-electron chi connectivity index (χ1n) is 9.92. The van der Waals surface area contributed by atoms with Gasteiger partial charge < -0.3 is 20.1 Å². The van der Waals surface area contributed by atoms with Crippen molar-refractivity contribution in [1.29, 1.82) is 0 Å². The van der Waals surface area contributed by atoms with Crippen LogP contribution in [-0.4, -0.2) is 50.4 Å². The van der Waals surface area contributed by atoms with Crippen molar-refractivity contribution in [3.63, 3.8) is 0 Å². The van der Waals surface area contributed by atoms with Crippen molar-refractivity contribution in [3.05, 3.63) is 29.8 Å². The quantitative estimate of drug-likeness (QED) is 0.252. The number of carbonyl (C=O) groups is 2. The number of esters is 1. The smallest absolute Gasteiger partial charge is 0.412 e. The number of ether oxygens (including phenoxy) is 2. The molecule has 8 nitrogen and oxygen atoms in total. The number of nitrogens with zero attached hydrogens (tertiary/aromatic N) is 1. The SMILES string of the molecule is CCOC(=O)CCCNC(=NC)NCCc1ccc(NC(=O)OC(C)(C)C)cc1. The number of anilines is 1. The van der Waals surface area contributed by atoms with Gasteiger partial charge in [0.15, 0.2) is 5.96 Å². The largest absolute Gasteiger partial charge is 0.466 e. The average molecular weight is 407 g/mol. The maximum absolute atomic E-state index is 11.8. The standard InChI is InChI=1S/C21H34N4O4/c1-6-28-18(26)8-7-14-23-19(22-5)24-15-13-16-9-11-17(12-10-16)25-20(27)29-21(2,3)4/h9-12H,6-8,13-15H2,1-5H3,(H,25,27)(H2,22,23,24). The van der Waals surface area contributed by atoms with Gasteiger partial charge in [-0.3, -0.25) is 15.1 Å². The number of guanidine groups is 1. The van der Waals surface area contributed by atoms with Crippen LogP contribution in [-0.2, 0) is 20.7 Å². The van der Waals surface area contributed by atoms with Crippen molar-refractivity contribution in [2.45, 2.75) is 52.6 Å². The number of aliphatic imine (C=N–C) groups is 1. The Kier molecular flexibility index (Phi) is 10.6. The third kappa shape index (κ3) is 11.6. The number of amides is 1. The van der Waals surface area contributed by atoms with E-state index in [2.05, 4.69) is 20.9 Å². The summed E-state index contributed by atoms with van der Waals surface area (Å²) in [5, 5.41) is 9.12. The van der Waals surface area contributed by atoms with Crippen LogP contribution in [0, 0.1) is 0 Å². The second-order valence-electron chi connectivity index (χ2n) is 7.41. The van der Waals surface area contributed by atoms with Crippen LogP contribution >= 0.6 is 0 Å². The molecule has 0 heterocycles. The first-order valence-corrected chi connectivity index (χ1v) is 9.92. The molecule has 0 saturated heterocycles. The molecular weight excluding hydrogens is 372 g/mol. The fourth-order valence-corrected chi connectivity index (χ4v) is 2.39. The molecule has 0 atom stereocenters. The Morgan fingerprint density at radius 1 is 1.07 bits per heavy atom. The second-order valence-corrected chi connectivity index (χ2v) is 7.41. The first-order chi connectivity index (χ1) is 13.7. The van der Waals surface area contributed by atoms with Gasteiger partial charge in [0.1, 0.15) is 5.60 Å². The van der Waals surface area contributed by atoms with Gasteiger partial charge in [-0.1, -0.05) is 12.1 Å². The second kappa shape index (κ2) is 12.6. The van der Waals surface area contributed by atoms with Gasteiger partial charge in [0, 0.05) is 32.2 Å². The van der Waals surface area contributed by atoms with E-state index in [1.807, 2.05) is 45.0 Å². The van der Waals surface area contributed by atoms with E-state index in [9.17, 15) is 9.59 Å². The average Bonchev–Trinajstić information content (AvgIpc) is 2.63. The molecule has 0 fully saturated rings. The Morgan fingerprint density at radius 2 is 1.72 bits per heavy atom. The fourth-order valence-electron chi connectivity index (χ4n) is 2.39. The summed E-state index contributed by atoms with van der Waals surface area (Å²) in [6.45, 7) is 9.03. The monoisotopic (exact) mass is 406 g/mol. The summed E-state index contributed by atoms with van der Waals surface area (Å²) < 4.78 is 10.1. The summed E-state index contributed by atoms with van der Waals surface area (Å²) in [6.07, 6.45) is 1.41. The maximum Gasteiger partial charge on any atom is 0.412 e. The van der Waals surface area contributed by atoms with E-state index in [-0.39, 0.29) is 5.97 Å². The van der Waals surface area contributed by atoms with Gasteiger partial charge in [-0.2, -0.15) is 0 Å². The minimum absolute atomic E-state index is 0.179. The van der Waals surface area contributed by atoms with Crippen molar-refractivity contribution in [3.8, 4) is 0 Å². The first kappa shape index (κ1) is 24.3. The molecule has 0 aliphatic rings. The van der Waals surface area contributed by atoms with Gasteiger partial charge in [-0.05, 0) is 58.2 Å². The van der Waals surface area contributed by atoms with Crippen LogP contribution in [0.5, 0.6) is 0 Å². The Labute approximate surface area is 173 Å². The van der Waals surface area contributed by atoms with Crippen molar-refractivity contribution >= 4 is 23.7 Å². The third-order valence-electron chi connectivity index (χ3n) is 3.68. The molecular formula is C21H34N4O4. The third-order valence-corrected chi connectivity index (χ3v) is 3.68. The lowest BCUT2D eigenvalue weighted by Gasteiger charge is -2.19. The summed E-state index contributed by atoms with van der Waals surface area (Å²) in [4.78, 5) is 27.3. The van der Waals surface area contributed by atoms with Gasteiger partial charge in [0.2, 0.25) is 0 Å². The van der Waals surface area contributed by atoms with Gasteiger partial charge in [-0.15, -0.1) is 0 Å². The molecule has 0 saturated carbocycles. The molecule has 1 rings (SSSR count). The van der Waals surface area contributed by atoms with E-state index in [1.165, 1.54) is 0 Å². The Hall–Kier alpha value is -2.77. The minimum Gasteiger partial charge on any atom is -0.466 e. The van der Waals surface area contributed by atoms with Gasteiger partial charge in [0.05, 0.1) is 6.61 Å². The van der Waals surface area contributed by atoms with Gasteiger partial charge in [-0.25, -0.2) is 4.79 Å². The molecule has 0 aromatic heterocycles.